The first-order valence-corrected chi connectivity index (χ1v) is 16.4. The first-order valence-electron chi connectivity index (χ1n) is 13.7. The summed E-state index contributed by atoms with van der Waals surface area (Å²) in [6.45, 7) is 0. The Balaban J connectivity index is 1.19. The van der Waals surface area contributed by atoms with Crippen LogP contribution in [0.2, 0.25) is 0 Å². The van der Waals surface area contributed by atoms with E-state index >= 15 is 0 Å². The van der Waals surface area contributed by atoms with Crippen LogP contribution in [0.5, 0.6) is 5.75 Å². The SMILES string of the molecule is CS(=O)(=O)Nc1cccc(CC(=O)Nc2nnc(CCCCc3ccc(NC(=O)Cc4cccc(OC(F)(F)F)c4)nc3F)s2)c1. The first-order chi connectivity index (χ1) is 21.7. The number of unbranched alkanes of at least 4 members (excludes halogenated alkanes) is 1. The second-order valence-electron chi connectivity index (χ2n) is 10.1. The normalized spacial score (nSPS) is 11.6. The van der Waals surface area contributed by atoms with E-state index in [1.807, 2.05) is 0 Å². The number of carbonyl (C=O) groups excluding carboxylic acids is 2. The van der Waals surface area contributed by atoms with Gasteiger partial charge in [-0.3, -0.25) is 14.3 Å². The first kappa shape index (κ1) is 34.2. The third-order valence-corrected chi connectivity index (χ3v) is 7.59. The van der Waals surface area contributed by atoms with Crippen LogP contribution < -0.4 is 20.1 Å². The molecule has 4 aromatic rings. The molecule has 46 heavy (non-hydrogen) atoms. The Labute approximate surface area is 265 Å². The average Bonchev–Trinajstić information content (AvgIpc) is 3.37. The number of aromatic nitrogens is 3. The number of nitrogens with zero attached hydrogens (tertiary/aromatic N) is 3. The van der Waals surface area contributed by atoms with Gasteiger partial charge in [0.2, 0.25) is 32.9 Å². The molecule has 17 heteroatoms. The van der Waals surface area contributed by atoms with Gasteiger partial charge >= 0.3 is 6.36 Å². The largest absolute Gasteiger partial charge is 0.573 e. The number of ether oxygens (including phenoxy) is 1. The summed E-state index contributed by atoms with van der Waals surface area (Å²) >= 11 is 1.21. The fraction of sp³-hybridized carbons (Fsp3) is 0.276. The van der Waals surface area contributed by atoms with Gasteiger partial charge in [-0.05, 0) is 60.7 Å². The van der Waals surface area contributed by atoms with Gasteiger partial charge in [-0.2, -0.15) is 4.39 Å². The van der Waals surface area contributed by atoms with Crippen LogP contribution in [0.4, 0.5) is 34.2 Å². The van der Waals surface area contributed by atoms with E-state index in [0.29, 0.717) is 52.6 Å². The van der Waals surface area contributed by atoms with Crippen LogP contribution in [0, 0.1) is 5.95 Å². The molecule has 0 bridgehead atoms. The molecule has 2 amide bonds. The van der Waals surface area contributed by atoms with Crippen LogP contribution in [0.3, 0.4) is 0 Å². The van der Waals surface area contributed by atoms with Gasteiger partial charge in [0.05, 0.1) is 19.1 Å². The molecule has 2 aromatic carbocycles. The van der Waals surface area contributed by atoms with E-state index in [1.165, 1.54) is 35.6 Å². The van der Waals surface area contributed by atoms with Gasteiger partial charge in [-0.1, -0.05) is 41.7 Å². The minimum Gasteiger partial charge on any atom is -0.406 e. The average molecular weight is 681 g/mol. The molecule has 2 heterocycles. The maximum absolute atomic E-state index is 14.6. The molecule has 0 saturated carbocycles. The highest BCUT2D eigenvalue weighted by molar-refractivity contribution is 7.92. The fourth-order valence-electron chi connectivity index (χ4n) is 4.25. The predicted molar refractivity (Wildman–Crippen MR) is 163 cm³/mol. The van der Waals surface area contributed by atoms with E-state index in [1.54, 1.807) is 24.3 Å². The van der Waals surface area contributed by atoms with E-state index in [2.05, 4.69) is 35.3 Å². The van der Waals surface area contributed by atoms with Crippen molar-refractivity contribution in [3.8, 4) is 5.75 Å². The van der Waals surface area contributed by atoms with Gasteiger partial charge in [0, 0.05) is 17.7 Å². The van der Waals surface area contributed by atoms with Crippen molar-refractivity contribution in [1.82, 2.24) is 15.2 Å². The number of hydrogen-bond acceptors (Lipinski definition) is 9. The van der Waals surface area contributed by atoms with Crippen molar-refractivity contribution in [3.63, 3.8) is 0 Å². The Bertz CT molecular complexity index is 1800. The lowest BCUT2D eigenvalue weighted by Crippen LogP contribution is -2.18. The fourth-order valence-corrected chi connectivity index (χ4v) is 5.60. The quantitative estimate of drug-likeness (QED) is 0.0926. The second-order valence-corrected chi connectivity index (χ2v) is 12.9. The van der Waals surface area contributed by atoms with Crippen LogP contribution in [0.1, 0.15) is 34.5 Å². The number of amides is 2. The molecular weight excluding hydrogens is 652 g/mol. The van der Waals surface area contributed by atoms with Gasteiger partial charge in [0.1, 0.15) is 16.6 Å². The Hall–Kier alpha value is -4.64. The lowest BCUT2D eigenvalue weighted by atomic mass is 10.1. The molecule has 0 radical (unpaired) electrons. The minimum atomic E-state index is -4.86. The smallest absolute Gasteiger partial charge is 0.406 e. The summed E-state index contributed by atoms with van der Waals surface area (Å²) in [5.74, 6) is -2.17. The Morgan fingerprint density at radius 1 is 0.891 bits per heavy atom. The van der Waals surface area contributed by atoms with Crippen molar-refractivity contribution in [1.29, 1.82) is 0 Å². The summed E-state index contributed by atoms with van der Waals surface area (Å²) in [7, 11) is -3.44. The number of pyridine rings is 1. The molecule has 4 rings (SSSR count). The number of carbonyl (C=O) groups is 2. The lowest BCUT2D eigenvalue weighted by molar-refractivity contribution is -0.274. The van der Waals surface area contributed by atoms with E-state index in [9.17, 15) is 35.6 Å². The summed E-state index contributed by atoms with van der Waals surface area (Å²) in [5, 5.41) is 14.2. The Kier molecular flexibility index (Phi) is 11.2. The Morgan fingerprint density at radius 3 is 2.26 bits per heavy atom. The molecule has 2 aromatic heterocycles. The molecule has 0 aliphatic rings. The zero-order valence-corrected chi connectivity index (χ0v) is 25.9. The van der Waals surface area contributed by atoms with Crippen molar-refractivity contribution in [2.75, 3.05) is 21.6 Å². The predicted octanol–water partition coefficient (Wildman–Crippen LogP) is 5.27. The molecule has 0 spiro atoms. The molecule has 0 unspecified atom stereocenters. The molecule has 3 N–H and O–H groups in total. The van der Waals surface area contributed by atoms with Crippen molar-refractivity contribution >= 4 is 49.8 Å². The molecule has 11 nitrogen and oxygen atoms in total. The number of nitrogens with one attached hydrogen (secondary N) is 3. The molecular formula is C29H28F4N6O5S2. The summed E-state index contributed by atoms with van der Waals surface area (Å²) in [6, 6.07) is 14.4. The molecule has 0 aliphatic heterocycles. The van der Waals surface area contributed by atoms with Gasteiger partial charge in [0.15, 0.2) is 0 Å². The number of rotatable bonds is 14. The van der Waals surface area contributed by atoms with Crippen molar-refractivity contribution in [2.45, 2.75) is 44.9 Å². The number of alkyl halides is 3. The summed E-state index contributed by atoms with van der Waals surface area (Å²) in [4.78, 5) is 28.5. The summed E-state index contributed by atoms with van der Waals surface area (Å²) < 4.78 is 80.9. The van der Waals surface area contributed by atoms with Crippen LogP contribution in [-0.4, -0.2) is 48.0 Å². The molecule has 0 atom stereocenters. The topological polar surface area (TPSA) is 152 Å². The van der Waals surface area contributed by atoms with Crippen molar-refractivity contribution in [2.24, 2.45) is 0 Å². The monoisotopic (exact) mass is 680 g/mol. The number of halogens is 4. The van der Waals surface area contributed by atoms with Crippen molar-refractivity contribution in [3.05, 3.63) is 88.3 Å². The maximum atomic E-state index is 14.6. The van der Waals surface area contributed by atoms with Crippen LogP contribution >= 0.6 is 11.3 Å². The summed E-state index contributed by atoms with van der Waals surface area (Å²) in [5.41, 5.74) is 1.58. The molecule has 0 saturated heterocycles. The highest BCUT2D eigenvalue weighted by atomic mass is 32.2. The van der Waals surface area contributed by atoms with Crippen LogP contribution in [-0.2, 0) is 45.3 Å². The number of benzene rings is 2. The van der Waals surface area contributed by atoms with E-state index in [-0.39, 0.29) is 30.1 Å². The van der Waals surface area contributed by atoms with E-state index in [0.717, 1.165) is 18.4 Å². The number of sulfonamides is 1. The van der Waals surface area contributed by atoms with Gasteiger partial charge in [0.25, 0.3) is 0 Å². The Morgan fingerprint density at radius 2 is 1.57 bits per heavy atom. The standard InChI is InChI=1S/C29H28F4N6O5S2/c1-46(42,43)39-21-9-4-6-18(14-21)16-25(41)36-28-38-37-26(45-28)11-3-2-8-20-12-13-23(35-27(20)30)34-24(40)17-19-7-5-10-22(15-19)44-29(31,32)33/h4-7,9-10,12-15,39H,2-3,8,11,16-17H2,1H3,(H,34,35,40)(H,36,38,41). The molecule has 0 aliphatic carbocycles. The third kappa shape index (κ3) is 11.7. The number of aryl methyl sites for hydroxylation is 2. The number of hydrogen-bond donors (Lipinski definition) is 3. The van der Waals surface area contributed by atoms with Gasteiger partial charge in [-0.15, -0.1) is 23.4 Å². The zero-order chi connectivity index (χ0) is 33.3. The summed E-state index contributed by atoms with van der Waals surface area (Å²) in [6.07, 6.45) is -1.92. The van der Waals surface area contributed by atoms with Crippen molar-refractivity contribution < 1.29 is 40.3 Å². The second kappa shape index (κ2) is 15.1. The van der Waals surface area contributed by atoms with Crippen LogP contribution in [0.15, 0.2) is 60.7 Å². The van der Waals surface area contributed by atoms with E-state index < -0.39 is 34.0 Å². The molecule has 244 valence electrons. The number of anilines is 3. The van der Waals surface area contributed by atoms with Gasteiger partial charge < -0.3 is 15.4 Å². The molecule has 0 fully saturated rings. The van der Waals surface area contributed by atoms with Crippen LogP contribution in [0.25, 0.3) is 0 Å². The zero-order valence-electron chi connectivity index (χ0n) is 24.2. The minimum absolute atomic E-state index is 0.00488. The highest BCUT2D eigenvalue weighted by Gasteiger charge is 2.31. The maximum Gasteiger partial charge on any atom is 0.573 e. The third-order valence-electron chi connectivity index (χ3n) is 6.09. The highest BCUT2D eigenvalue weighted by Crippen LogP contribution is 2.24. The lowest BCUT2D eigenvalue weighted by Gasteiger charge is -2.10. The van der Waals surface area contributed by atoms with E-state index in [4.69, 9.17) is 0 Å². The van der Waals surface area contributed by atoms with Gasteiger partial charge in [-0.25, -0.2) is 13.4 Å².